The van der Waals surface area contributed by atoms with Gasteiger partial charge in [-0.25, -0.2) is 0 Å². The van der Waals surface area contributed by atoms with Crippen LogP contribution in [0.2, 0.25) is 0 Å². The van der Waals surface area contributed by atoms with E-state index >= 15 is 0 Å². The number of pyridine rings is 1. The molecule has 0 unspecified atom stereocenters. The highest BCUT2D eigenvalue weighted by atomic mass is 16.2. The van der Waals surface area contributed by atoms with Crippen molar-refractivity contribution >= 4 is 16.8 Å². The van der Waals surface area contributed by atoms with Crippen molar-refractivity contribution in [2.45, 2.75) is 20.0 Å². The molecule has 0 bridgehead atoms. The molecule has 0 fully saturated rings. The van der Waals surface area contributed by atoms with E-state index in [-0.39, 0.29) is 11.5 Å². The van der Waals surface area contributed by atoms with E-state index in [4.69, 9.17) is 0 Å². The number of nitrogens with one attached hydrogen (secondary N) is 2. The van der Waals surface area contributed by atoms with Crippen LogP contribution in [0.15, 0.2) is 47.5 Å². The van der Waals surface area contributed by atoms with Gasteiger partial charge in [0.1, 0.15) is 5.52 Å². The van der Waals surface area contributed by atoms with Crippen molar-refractivity contribution < 1.29 is 4.79 Å². The summed E-state index contributed by atoms with van der Waals surface area (Å²) >= 11 is 0. The van der Waals surface area contributed by atoms with E-state index in [0.29, 0.717) is 29.6 Å². The highest BCUT2D eigenvalue weighted by Crippen LogP contribution is 2.13. The third-order valence-electron chi connectivity index (χ3n) is 3.57. The SMILES string of the molecule is CCn1cc(C(=O)NCc2ccccc2)c2cn[nH]c2c1=O. The van der Waals surface area contributed by atoms with Crippen LogP contribution in [0, 0.1) is 0 Å². The van der Waals surface area contributed by atoms with Crippen molar-refractivity contribution in [1.29, 1.82) is 0 Å². The minimum absolute atomic E-state index is 0.172. The van der Waals surface area contributed by atoms with E-state index in [2.05, 4.69) is 15.5 Å². The predicted molar refractivity (Wildman–Crippen MR) is 83.6 cm³/mol. The number of fused-ring (bicyclic) bond motifs is 1. The van der Waals surface area contributed by atoms with Gasteiger partial charge in [0.15, 0.2) is 0 Å². The van der Waals surface area contributed by atoms with Crippen molar-refractivity contribution in [3.63, 3.8) is 0 Å². The molecule has 1 aromatic carbocycles. The Balaban J connectivity index is 1.92. The van der Waals surface area contributed by atoms with Gasteiger partial charge < -0.3 is 9.88 Å². The quantitative estimate of drug-likeness (QED) is 0.768. The summed E-state index contributed by atoms with van der Waals surface area (Å²) in [5, 5.41) is 9.96. The fourth-order valence-corrected chi connectivity index (χ4v) is 2.37. The number of nitrogens with zero attached hydrogens (tertiary/aromatic N) is 2. The van der Waals surface area contributed by atoms with Crippen LogP contribution in [0.4, 0.5) is 0 Å². The third-order valence-corrected chi connectivity index (χ3v) is 3.57. The van der Waals surface area contributed by atoms with E-state index in [1.54, 1.807) is 6.20 Å². The molecule has 1 amide bonds. The molecule has 2 aromatic heterocycles. The fraction of sp³-hybridized carbons (Fsp3) is 0.188. The molecule has 0 aliphatic heterocycles. The maximum absolute atomic E-state index is 12.4. The fourth-order valence-electron chi connectivity index (χ4n) is 2.37. The second-order valence-corrected chi connectivity index (χ2v) is 4.96. The highest BCUT2D eigenvalue weighted by molar-refractivity contribution is 6.05. The molecule has 0 saturated carbocycles. The highest BCUT2D eigenvalue weighted by Gasteiger charge is 2.15. The Kier molecular flexibility index (Phi) is 3.74. The van der Waals surface area contributed by atoms with Crippen molar-refractivity contribution in [3.05, 3.63) is 64.2 Å². The topological polar surface area (TPSA) is 79.8 Å². The number of amides is 1. The van der Waals surface area contributed by atoms with Crippen LogP contribution in [0.3, 0.4) is 0 Å². The molecule has 112 valence electrons. The number of H-pyrrole nitrogens is 1. The van der Waals surface area contributed by atoms with Crippen LogP contribution < -0.4 is 10.9 Å². The van der Waals surface area contributed by atoms with Gasteiger partial charge >= 0.3 is 0 Å². The average Bonchev–Trinajstić information content (AvgIpc) is 3.04. The number of hydrogen-bond donors (Lipinski definition) is 2. The number of aryl methyl sites for hydroxylation is 1. The molecular weight excluding hydrogens is 280 g/mol. The summed E-state index contributed by atoms with van der Waals surface area (Å²) < 4.78 is 1.50. The van der Waals surface area contributed by atoms with E-state index in [1.807, 2.05) is 37.3 Å². The largest absolute Gasteiger partial charge is 0.348 e. The molecule has 2 N–H and O–H groups in total. The molecule has 22 heavy (non-hydrogen) atoms. The van der Waals surface area contributed by atoms with E-state index in [0.717, 1.165) is 5.56 Å². The zero-order valence-electron chi connectivity index (χ0n) is 12.2. The monoisotopic (exact) mass is 296 g/mol. The van der Waals surface area contributed by atoms with Crippen molar-refractivity contribution in [2.24, 2.45) is 0 Å². The minimum atomic E-state index is -0.225. The van der Waals surface area contributed by atoms with Gasteiger partial charge in [-0.1, -0.05) is 30.3 Å². The number of carbonyl (C=O) groups is 1. The van der Waals surface area contributed by atoms with Crippen LogP contribution in [-0.2, 0) is 13.1 Å². The van der Waals surface area contributed by atoms with Crippen LogP contribution in [0.1, 0.15) is 22.8 Å². The standard InChI is InChI=1S/C16H16N4O2/c1-2-20-10-13(12-9-18-19-14(12)16(20)22)15(21)17-8-11-6-4-3-5-7-11/h3-7,9-10H,2,8H2,1H3,(H,17,21)(H,18,19). The van der Waals surface area contributed by atoms with Gasteiger partial charge in [0, 0.05) is 24.7 Å². The molecule has 2 heterocycles. The molecule has 6 heteroatoms. The van der Waals surface area contributed by atoms with Gasteiger partial charge in [-0.15, -0.1) is 0 Å². The molecule has 6 nitrogen and oxygen atoms in total. The van der Waals surface area contributed by atoms with E-state index in [9.17, 15) is 9.59 Å². The molecule has 0 radical (unpaired) electrons. The van der Waals surface area contributed by atoms with Gasteiger partial charge in [0.25, 0.3) is 11.5 Å². The number of carbonyl (C=O) groups excluding carboxylic acids is 1. The first-order chi connectivity index (χ1) is 10.7. The Morgan fingerprint density at radius 2 is 2.09 bits per heavy atom. The van der Waals surface area contributed by atoms with Crippen LogP contribution >= 0.6 is 0 Å². The predicted octanol–water partition coefficient (Wildman–Crippen LogP) is 1.67. The number of aromatic amines is 1. The molecule has 3 rings (SSSR count). The third kappa shape index (κ3) is 2.50. The van der Waals surface area contributed by atoms with Crippen molar-refractivity contribution in [1.82, 2.24) is 20.1 Å². The Hall–Kier alpha value is -2.89. The second kappa shape index (κ2) is 5.85. The molecule has 0 aliphatic carbocycles. The van der Waals surface area contributed by atoms with E-state index in [1.165, 1.54) is 10.8 Å². The summed E-state index contributed by atoms with van der Waals surface area (Å²) in [5.74, 6) is -0.225. The zero-order chi connectivity index (χ0) is 15.5. The lowest BCUT2D eigenvalue weighted by Gasteiger charge is -2.09. The second-order valence-electron chi connectivity index (χ2n) is 4.96. The molecule has 3 aromatic rings. The molecular formula is C16H16N4O2. The van der Waals surface area contributed by atoms with Crippen LogP contribution in [0.5, 0.6) is 0 Å². The summed E-state index contributed by atoms with van der Waals surface area (Å²) in [6.07, 6.45) is 3.09. The van der Waals surface area contributed by atoms with E-state index < -0.39 is 0 Å². The summed E-state index contributed by atoms with van der Waals surface area (Å²) in [4.78, 5) is 24.6. The molecule has 0 aliphatic rings. The average molecular weight is 296 g/mol. The Bertz CT molecular complexity index is 865. The van der Waals surface area contributed by atoms with Gasteiger partial charge in [-0.05, 0) is 12.5 Å². The van der Waals surface area contributed by atoms with Gasteiger partial charge in [-0.2, -0.15) is 5.10 Å². The lowest BCUT2D eigenvalue weighted by Crippen LogP contribution is -2.27. The van der Waals surface area contributed by atoms with Crippen LogP contribution in [0.25, 0.3) is 10.9 Å². The molecule has 0 saturated heterocycles. The van der Waals surface area contributed by atoms with Gasteiger partial charge in [0.2, 0.25) is 0 Å². The maximum Gasteiger partial charge on any atom is 0.276 e. The van der Waals surface area contributed by atoms with Crippen molar-refractivity contribution in [3.8, 4) is 0 Å². The van der Waals surface area contributed by atoms with Gasteiger partial charge in [-0.3, -0.25) is 14.7 Å². The number of benzene rings is 1. The first-order valence-corrected chi connectivity index (χ1v) is 7.09. The lowest BCUT2D eigenvalue weighted by atomic mass is 10.1. The zero-order valence-corrected chi connectivity index (χ0v) is 12.2. The Morgan fingerprint density at radius 1 is 1.32 bits per heavy atom. The van der Waals surface area contributed by atoms with Crippen LogP contribution in [-0.4, -0.2) is 20.7 Å². The Labute approximate surface area is 126 Å². The summed E-state index contributed by atoms with van der Waals surface area (Å²) in [5.41, 5.74) is 1.65. The maximum atomic E-state index is 12.4. The molecule has 0 atom stereocenters. The Morgan fingerprint density at radius 3 is 2.82 bits per heavy atom. The number of aromatic nitrogens is 3. The number of hydrogen-bond acceptors (Lipinski definition) is 3. The lowest BCUT2D eigenvalue weighted by molar-refractivity contribution is 0.0952. The van der Waals surface area contributed by atoms with Crippen molar-refractivity contribution in [2.75, 3.05) is 0 Å². The summed E-state index contributed by atoms with van der Waals surface area (Å²) in [7, 11) is 0. The molecule has 0 spiro atoms. The number of rotatable bonds is 4. The van der Waals surface area contributed by atoms with Gasteiger partial charge in [0.05, 0.1) is 11.8 Å². The summed E-state index contributed by atoms with van der Waals surface area (Å²) in [6, 6.07) is 9.67. The summed E-state index contributed by atoms with van der Waals surface area (Å²) in [6.45, 7) is 2.78. The first-order valence-electron chi connectivity index (χ1n) is 7.09. The smallest absolute Gasteiger partial charge is 0.276 e. The normalized spacial score (nSPS) is 10.8. The minimum Gasteiger partial charge on any atom is -0.348 e. The first kappa shape index (κ1) is 14.1.